The maximum absolute atomic E-state index is 14.0. The lowest BCUT2D eigenvalue weighted by Crippen LogP contribution is -2.33. The van der Waals surface area contributed by atoms with Crippen LogP contribution in [0.4, 0.5) is 18.3 Å². The van der Waals surface area contributed by atoms with Crippen molar-refractivity contribution in [1.29, 1.82) is 0 Å². The van der Waals surface area contributed by atoms with Gasteiger partial charge in [-0.05, 0) is 80.1 Å². The van der Waals surface area contributed by atoms with Crippen molar-refractivity contribution >= 4 is 38.5 Å². The molecule has 218 valence electrons. The van der Waals surface area contributed by atoms with Crippen LogP contribution in [-0.4, -0.2) is 39.6 Å². The van der Waals surface area contributed by atoms with Crippen LogP contribution in [-0.2, 0) is 23.9 Å². The minimum atomic E-state index is -4.55. The summed E-state index contributed by atoms with van der Waals surface area (Å²) in [5.74, 6) is 0.276. The lowest BCUT2D eigenvalue weighted by molar-refractivity contribution is -0.138. The molecular weight excluding hydrogens is 561 g/mol. The van der Waals surface area contributed by atoms with E-state index in [0.717, 1.165) is 50.4 Å². The third-order valence-corrected chi connectivity index (χ3v) is 8.91. The molecule has 0 unspecified atom stereocenters. The number of alkyl halides is 3. The lowest BCUT2D eigenvalue weighted by Gasteiger charge is -2.31. The third-order valence-electron chi connectivity index (χ3n) is 8.03. The number of fused-ring (bicyclic) bond motifs is 1. The van der Waals surface area contributed by atoms with Gasteiger partial charge in [0.15, 0.2) is 10.9 Å². The zero-order valence-corrected chi connectivity index (χ0v) is 24.0. The molecule has 1 saturated heterocycles. The van der Waals surface area contributed by atoms with Crippen molar-refractivity contribution in [3.05, 3.63) is 76.9 Å². The Hall–Kier alpha value is -3.63. The second-order valence-corrected chi connectivity index (χ2v) is 12.4. The van der Waals surface area contributed by atoms with E-state index in [1.165, 1.54) is 23.5 Å². The molecule has 4 aromatic rings. The summed E-state index contributed by atoms with van der Waals surface area (Å²) < 4.78 is 42.1. The highest BCUT2D eigenvalue weighted by Crippen LogP contribution is 2.35. The van der Waals surface area contributed by atoms with Crippen LogP contribution in [0.2, 0.25) is 0 Å². The first-order chi connectivity index (χ1) is 20.1. The number of aromatic nitrogens is 2. The molecule has 0 spiro atoms. The van der Waals surface area contributed by atoms with Gasteiger partial charge in [0.05, 0.1) is 11.3 Å². The van der Waals surface area contributed by atoms with Gasteiger partial charge in [0.2, 0.25) is 5.91 Å². The van der Waals surface area contributed by atoms with Crippen molar-refractivity contribution in [1.82, 2.24) is 14.9 Å². The van der Waals surface area contributed by atoms with Crippen LogP contribution in [0.15, 0.2) is 54.6 Å². The van der Waals surface area contributed by atoms with Crippen molar-refractivity contribution in [2.75, 3.05) is 18.4 Å². The fraction of sp³-hybridized carbons (Fsp3) is 0.375. The highest BCUT2D eigenvalue weighted by Gasteiger charge is 2.35. The van der Waals surface area contributed by atoms with Gasteiger partial charge in [-0.3, -0.25) is 14.5 Å². The maximum Gasteiger partial charge on any atom is 0.416 e. The summed E-state index contributed by atoms with van der Waals surface area (Å²) in [6, 6.07) is 14.9. The van der Waals surface area contributed by atoms with Crippen LogP contribution in [0.3, 0.4) is 0 Å². The molecule has 0 bridgehead atoms. The third kappa shape index (κ3) is 6.55. The first kappa shape index (κ1) is 28.5. The van der Waals surface area contributed by atoms with Crippen LogP contribution in [0.5, 0.6) is 0 Å². The van der Waals surface area contributed by atoms with E-state index in [2.05, 4.69) is 22.1 Å². The Morgan fingerprint density at radius 1 is 1.00 bits per heavy atom. The largest absolute Gasteiger partial charge is 0.416 e. The average molecular weight is 593 g/mol. The molecule has 2 aromatic heterocycles. The van der Waals surface area contributed by atoms with Gasteiger partial charge in [0, 0.05) is 30.0 Å². The van der Waals surface area contributed by atoms with Gasteiger partial charge in [0.25, 0.3) is 0 Å². The SMILES string of the molecule is CC1CCN(Cc2ccc(C(=O)Cc3cccc(-c4ccc5nc(NC(=O)C6CC6)sc5n4)c3)cc2C(F)(F)F)CC1. The quantitative estimate of drug-likeness (QED) is 0.216. The molecule has 1 N–H and O–H groups in total. The number of pyridine rings is 1. The van der Waals surface area contributed by atoms with Crippen LogP contribution < -0.4 is 5.32 Å². The molecule has 6 rings (SSSR count). The Morgan fingerprint density at radius 2 is 1.79 bits per heavy atom. The van der Waals surface area contributed by atoms with Crippen LogP contribution in [0.25, 0.3) is 21.6 Å². The van der Waals surface area contributed by atoms with Crippen molar-refractivity contribution < 1.29 is 22.8 Å². The lowest BCUT2D eigenvalue weighted by atomic mass is 9.95. The Bertz CT molecular complexity index is 1640. The number of amides is 1. The van der Waals surface area contributed by atoms with Crippen molar-refractivity contribution in [2.24, 2.45) is 11.8 Å². The maximum atomic E-state index is 14.0. The van der Waals surface area contributed by atoms with Gasteiger partial charge < -0.3 is 5.32 Å². The molecule has 1 amide bonds. The number of benzene rings is 2. The smallest absolute Gasteiger partial charge is 0.302 e. The van der Waals surface area contributed by atoms with E-state index in [1.807, 2.05) is 30.3 Å². The molecule has 2 aliphatic rings. The summed E-state index contributed by atoms with van der Waals surface area (Å²) in [6.45, 7) is 3.94. The van der Waals surface area contributed by atoms with Crippen LogP contribution in [0, 0.1) is 11.8 Å². The standard InChI is InChI=1S/C32H31F3N4O2S/c1-19-11-13-39(14-12-19)18-24-8-7-23(17-25(24)32(33,34)35)28(40)16-20-3-2-4-22(15-20)26-9-10-27-30(36-26)42-31(37-27)38-29(41)21-5-6-21/h2-4,7-10,15,17,19,21H,5-6,11-14,16,18H2,1H3,(H,37,38,41). The number of thiazole rings is 1. The summed E-state index contributed by atoms with van der Waals surface area (Å²) in [5.41, 5.74) is 2.33. The number of hydrogen-bond acceptors (Lipinski definition) is 6. The van der Waals surface area contributed by atoms with Crippen molar-refractivity contribution in [2.45, 2.75) is 51.7 Å². The molecule has 2 aromatic carbocycles. The van der Waals surface area contributed by atoms with E-state index in [0.29, 0.717) is 32.7 Å². The number of likely N-dealkylation sites (tertiary alicyclic amines) is 1. The molecule has 1 aliphatic carbocycles. The summed E-state index contributed by atoms with van der Waals surface area (Å²) >= 11 is 1.30. The van der Waals surface area contributed by atoms with E-state index in [-0.39, 0.29) is 41.7 Å². The second kappa shape index (κ2) is 11.6. The van der Waals surface area contributed by atoms with Crippen LogP contribution in [0.1, 0.15) is 59.7 Å². The van der Waals surface area contributed by atoms with Gasteiger partial charge in [-0.15, -0.1) is 0 Å². The number of carbonyl (C=O) groups excluding carboxylic acids is 2. The minimum absolute atomic E-state index is 0.0136. The number of anilines is 1. The second-order valence-electron chi connectivity index (χ2n) is 11.4. The fourth-order valence-electron chi connectivity index (χ4n) is 5.33. The number of carbonyl (C=O) groups is 2. The molecule has 3 heterocycles. The number of nitrogens with one attached hydrogen (secondary N) is 1. The highest BCUT2D eigenvalue weighted by molar-refractivity contribution is 7.22. The van der Waals surface area contributed by atoms with E-state index in [1.54, 1.807) is 6.07 Å². The number of hydrogen-bond donors (Lipinski definition) is 1. The Labute approximate surface area is 246 Å². The molecule has 1 aliphatic heterocycles. The molecule has 10 heteroatoms. The molecular formula is C32H31F3N4O2S. The topological polar surface area (TPSA) is 75.2 Å². The molecule has 0 atom stereocenters. The summed E-state index contributed by atoms with van der Waals surface area (Å²) in [4.78, 5) is 37.1. The van der Waals surface area contributed by atoms with Crippen molar-refractivity contribution in [3.63, 3.8) is 0 Å². The monoisotopic (exact) mass is 592 g/mol. The average Bonchev–Trinajstić information content (AvgIpc) is 3.74. The molecule has 2 fully saturated rings. The van der Waals surface area contributed by atoms with E-state index in [9.17, 15) is 22.8 Å². The molecule has 1 saturated carbocycles. The number of piperidine rings is 1. The number of rotatable bonds is 8. The fourth-order valence-corrected chi connectivity index (χ4v) is 6.17. The summed E-state index contributed by atoms with van der Waals surface area (Å²) in [5, 5.41) is 3.37. The Kier molecular flexibility index (Phi) is 7.85. The predicted molar refractivity (Wildman–Crippen MR) is 157 cm³/mol. The minimum Gasteiger partial charge on any atom is -0.302 e. The normalized spacial score (nSPS) is 16.6. The van der Waals surface area contributed by atoms with E-state index < -0.39 is 11.7 Å². The Balaban J connectivity index is 1.18. The van der Waals surface area contributed by atoms with Gasteiger partial charge >= 0.3 is 6.18 Å². The predicted octanol–water partition coefficient (Wildman–Crippen LogP) is 7.38. The van der Waals surface area contributed by atoms with Crippen LogP contribution >= 0.6 is 11.3 Å². The first-order valence-corrected chi connectivity index (χ1v) is 15.1. The van der Waals surface area contributed by atoms with Gasteiger partial charge in [-0.1, -0.05) is 48.6 Å². The molecule has 6 nitrogen and oxygen atoms in total. The Morgan fingerprint density at radius 3 is 2.52 bits per heavy atom. The number of halogens is 3. The van der Waals surface area contributed by atoms with Gasteiger partial charge in [-0.2, -0.15) is 13.2 Å². The highest BCUT2D eigenvalue weighted by atomic mass is 32.1. The van der Waals surface area contributed by atoms with E-state index in [4.69, 9.17) is 4.98 Å². The van der Waals surface area contributed by atoms with Crippen molar-refractivity contribution in [3.8, 4) is 11.3 Å². The zero-order valence-electron chi connectivity index (χ0n) is 23.2. The summed E-state index contributed by atoms with van der Waals surface area (Å²) in [7, 11) is 0. The first-order valence-electron chi connectivity index (χ1n) is 14.3. The molecule has 42 heavy (non-hydrogen) atoms. The number of ketones is 1. The van der Waals surface area contributed by atoms with Gasteiger partial charge in [-0.25, -0.2) is 9.97 Å². The number of Topliss-reactive ketones (excluding diaryl/α,β-unsaturated/α-hetero) is 1. The molecule has 0 radical (unpaired) electrons. The number of nitrogens with zero attached hydrogens (tertiary/aromatic N) is 3. The summed E-state index contributed by atoms with van der Waals surface area (Å²) in [6.07, 6.45) is -0.810. The van der Waals surface area contributed by atoms with Gasteiger partial charge in [0.1, 0.15) is 10.3 Å². The zero-order chi connectivity index (χ0) is 29.4. The van der Waals surface area contributed by atoms with E-state index >= 15 is 0 Å².